The average Bonchev–Trinajstić information content (AvgIpc) is 3.17. The number of carbonyl (C=O) groups is 2. The molecule has 1 aliphatic rings. The normalized spacial score (nSPS) is 12.4. The molecule has 29 heavy (non-hydrogen) atoms. The van der Waals surface area contributed by atoms with E-state index < -0.39 is 0 Å². The van der Waals surface area contributed by atoms with Gasteiger partial charge in [0.2, 0.25) is 5.91 Å². The van der Waals surface area contributed by atoms with E-state index in [0.29, 0.717) is 17.8 Å². The predicted molar refractivity (Wildman–Crippen MR) is 111 cm³/mol. The second-order valence-corrected chi connectivity index (χ2v) is 6.87. The summed E-state index contributed by atoms with van der Waals surface area (Å²) >= 11 is 0. The van der Waals surface area contributed by atoms with Crippen molar-refractivity contribution in [1.29, 1.82) is 0 Å². The summed E-state index contributed by atoms with van der Waals surface area (Å²) in [7, 11) is 1.61. The van der Waals surface area contributed by atoms with Crippen LogP contribution in [0.3, 0.4) is 0 Å². The molecule has 3 aromatic rings. The highest BCUT2D eigenvalue weighted by atomic mass is 16.5. The highest BCUT2D eigenvalue weighted by molar-refractivity contribution is 6.07. The number of nitrogens with zero attached hydrogens (tertiary/aromatic N) is 2. The number of pyridine rings is 1. The van der Waals surface area contributed by atoms with E-state index in [1.807, 2.05) is 42.5 Å². The van der Waals surface area contributed by atoms with Crippen LogP contribution in [0.4, 0.5) is 11.4 Å². The van der Waals surface area contributed by atoms with Crippen LogP contribution < -0.4 is 15.0 Å². The lowest BCUT2D eigenvalue weighted by Gasteiger charge is -2.18. The summed E-state index contributed by atoms with van der Waals surface area (Å²) in [6.45, 7) is 0.617. The Morgan fingerprint density at radius 3 is 2.69 bits per heavy atom. The minimum Gasteiger partial charge on any atom is -0.497 e. The van der Waals surface area contributed by atoms with Crippen LogP contribution in [-0.4, -0.2) is 30.5 Å². The molecule has 0 atom stereocenters. The van der Waals surface area contributed by atoms with Gasteiger partial charge in [0.05, 0.1) is 19.1 Å². The standard InChI is InChI=1S/C23H21N3O3/c1-29-20-8-4-16(5-9-20)13-22(27)25-19-7-6-17-10-12-26(21(17)14-19)23(28)18-3-2-11-24-15-18/h2-9,11,14-15H,10,12-13H2,1H3,(H,25,27). The van der Waals surface area contributed by atoms with Gasteiger partial charge < -0.3 is 15.0 Å². The molecule has 6 nitrogen and oxygen atoms in total. The largest absolute Gasteiger partial charge is 0.497 e. The van der Waals surface area contributed by atoms with Crippen molar-refractivity contribution >= 4 is 23.2 Å². The van der Waals surface area contributed by atoms with Crippen molar-refractivity contribution < 1.29 is 14.3 Å². The zero-order chi connectivity index (χ0) is 20.2. The first-order valence-corrected chi connectivity index (χ1v) is 9.41. The fourth-order valence-electron chi connectivity index (χ4n) is 3.45. The van der Waals surface area contributed by atoms with Gasteiger partial charge in [-0.2, -0.15) is 0 Å². The molecule has 0 spiro atoms. The Kier molecular flexibility index (Phi) is 5.24. The van der Waals surface area contributed by atoms with Crippen LogP contribution in [0.15, 0.2) is 67.0 Å². The third-order valence-electron chi connectivity index (χ3n) is 4.94. The molecular weight excluding hydrogens is 366 g/mol. The molecule has 2 aromatic carbocycles. The fraction of sp³-hybridized carbons (Fsp3) is 0.174. The summed E-state index contributed by atoms with van der Waals surface area (Å²) in [5, 5.41) is 2.93. The first kappa shape index (κ1) is 18.7. The average molecular weight is 387 g/mol. The van der Waals surface area contributed by atoms with E-state index in [2.05, 4.69) is 10.3 Å². The van der Waals surface area contributed by atoms with Crippen LogP contribution in [0.5, 0.6) is 5.75 Å². The molecule has 1 N–H and O–H groups in total. The second-order valence-electron chi connectivity index (χ2n) is 6.87. The number of carbonyl (C=O) groups excluding carboxylic acids is 2. The molecular formula is C23H21N3O3. The molecule has 6 heteroatoms. The highest BCUT2D eigenvalue weighted by Crippen LogP contribution is 2.32. The van der Waals surface area contributed by atoms with Crippen LogP contribution in [-0.2, 0) is 17.6 Å². The summed E-state index contributed by atoms with van der Waals surface area (Å²) < 4.78 is 5.14. The number of fused-ring (bicyclic) bond motifs is 1. The van der Waals surface area contributed by atoms with E-state index in [9.17, 15) is 9.59 Å². The third kappa shape index (κ3) is 4.11. The number of anilines is 2. The number of aromatic nitrogens is 1. The molecule has 1 aliphatic heterocycles. The van der Waals surface area contributed by atoms with Crippen molar-refractivity contribution in [3.05, 3.63) is 83.7 Å². The summed E-state index contributed by atoms with van der Waals surface area (Å²) in [4.78, 5) is 31.0. The van der Waals surface area contributed by atoms with E-state index >= 15 is 0 Å². The Morgan fingerprint density at radius 2 is 1.97 bits per heavy atom. The predicted octanol–water partition coefficient (Wildman–Crippen LogP) is 3.47. The molecule has 146 valence electrons. The third-order valence-corrected chi connectivity index (χ3v) is 4.94. The van der Waals surface area contributed by atoms with Gasteiger partial charge in [-0.3, -0.25) is 14.6 Å². The number of hydrogen-bond donors (Lipinski definition) is 1. The van der Waals surface area contributed by atoms with Crippen LogP contribution in [0.25, 0.3) is 0 Å². The lowest BCUT2D eigenvalue weighted by Crippen LogP contribution is -2.29. The zero-order valence-corrected chi connectivity index (χ0v) is 16.1. The van der Waals surface area contributed by atoms with Gasteiger partial charge in [-0.05, 0) is 53.9 Å². The lowest BCUT2D eigenvalue weighted by molar-refractivity contribution is -0.115. The SMILES string of the molecule is COc1ccc(CC(=O)Nc2ccc3c(c2)N(C(=O)c2cccnc2)CC3)cc1. The topological polar surface area (TPSA) is 71.5 Å². The summed E-state index contributed by atoms with van der Waals surface area (Å²) in [6, 6.07) is 16.6. The van der Waals surface area contributed by atoms with Gasteiger partial charge in [0.25, 0.3) is 5.91 Å². The van der Waals surface area contributed by atoms with Gasteiger partial charge in [0.15, 0.2) is 0 Å². The Bertz CT molecular complexity index is 1030. The van der Waals surface area contributed by atoms with Gasteiger partial charge >= 0.3 is 0 Å². The van der Waals surface area contributed by atoms with Crippen LogP contribution in [0.1, 0.15) is 21.5 Å². The molecule has 2 heterocycles. The molecule has 0 radical (unpaired) electrons. The number of hydrogen-bond acceptors (Lipinski definition) is 4. The van der Waals surface area contributed by atoms with Crippen molar-refractivity contribution in [1.82, 2.24) is 4.98 Å². The lowest BCUT2D eigenvalue weighted by atomic mass is 10.1. The smallest absolute Gasteiger partial charge is 0.259 e. The van der Waals surface area contributed by atoms with Crippen molar-refractivity contribution in [2.24, 2.45) is 0 Å². The first-order chi connectivity index (χ1) is 14.1. The molecule has 0 unspecified atom stereocenters. The first-order valence-electron chi connectivity index (χ1n) is 9.41. The summed E-state index contributed by atoms with van der Waals surface area (Å²) in [5.74, 6) is 0.558. The summed E-state index contributed by atoms with van der Waals surface area (Å²) in [5.41, 5.74) is 4.05. The number of rotatable bonds is 5. The van der Waals surface area contributed by atoms with Gasteiger partial charge in [-0.1, -0.05) is 18.2 Å². The van der Waals surface area contributed by atoms with Crippen LogP contribution in [0, 0.1) is 0 Å². The van der Waals surface area contributed by atoms with Gasteiger partial charge in [0, 0.05) is 30.3 Å². The zero-order valence-electron chi connectivity index (χ0n) is 16.1. The van der Waals surface area contributed by atoms with E-state index in [1.54, 1.807) is 36.5 Å². The number of ether oxygens (including phenoxy) is 1. The number of amides is 2. The maximum absolute atomic E-state index is 12.8. The van der Waals surface area contributed by atoms with E-state index in [-0.39, 0.29) is 18.2 Å². The van der Waals surface area contributed by atoms with Crippen LogP contribution in [0.2, 0.25) is 0 Å². The van der Waals surface area contributed by atoms with E-state index in [0.717, 1.165) is 29.0 Å². The molecule has 0 bridgehead atoms. The van der Waals surface area contributed by atoms with Crippen molar-refractivity contribution in [2.75, 3.05) is 23.9 Å². The quantitative estimate of drug-likeness (QED) is 0.728. The van der Waals surface area contributed by atoms with Crippen molar-refractivity contribution in [3.8, 4) is 5.75 Å². The van der Waals surface area contributed by atoms with Crippen LogP contribution >= 0.6 is 0 Å². The van der Waals surface area contributed by atoms with E-state index in [4.69, 9.17) is 4.74 Å². The van der Waals surface area contributed by atoms with E-state index in [1.165, 1.54) is 0 Å². The van der Waals surface area contributed by atoms with Crippen molar-refractivity contribution in [2.45, 2.75) is 12.8 Å². The Hall–Kier alpha value is -3.67. The number of methoxy groups -OCH3 is 1. The molecule has 4 rings (SSSR count). The Balaban J connectivity index is 1.47. The minimum absolute atomic E-state index is 0.0847. The maximum Gasteiger partial charge on any atom is 0.259 e. The maximum atomic E-state index is 12.8. The molecule has 0 saturated carbocycles. The van der Waals surface area contributed by atoms with Gasteiger partial charge in [-0.25, -0.2) is 0 Å². The van der Waals surface area contributed by atoms with Gasteiger partial charge in [-0.15, -0.1) is 0 Å². The second kappa shape index (κ2) is 8.14. The minimum atomic E-state index is -0.113. The molecule has 0 aliphatic carbocycles. The highest BCUT2D eigenvalue weighted by Gasteiger charge is 2.26. The molecule has 1 aromatic heterocycles. The number of nitrogens with one attached hydrogen (secondary N) is 1. The molecule has 2 amide bonds. The molecule has 0 saturated heterocycles. The Morgan fingerprint density at radius 1 is 1.14 bits per heavy atom. The molecule has 0 fully saturated rings. The Labute approximate surface area is 169 Å². The summed E-state index contributed by atoms with van der Waals surface area (Å²) in [6.07, 6.45) is 4.27. The van der Waals surface area contributed by atoms with Crippen molar-refractivity contribution in [3.63, 3.8) is 0 Å². The fourth-order valence-corrected chi connectivity index (χ4v) is 3.45. The van der Waals surface area contributed by atoms with Gasteiger partial charge in [0.1, 0.15) is 5.75 Å². The monoisotopic (exact) mass is 387 g/mol. The number of benzene rings is 2.